The SMILES string of the molecule is O=C([C@H](c1ccccc1)[NH+]1CCN(c2cccc(Cl)c2)CC1)N1CCOCC1. The number of benzene rings is 2. The molecule has 4 rings (SSSR count). The molecule has 1 amide bonds. The van der Waals surface area contributed by atoms with Crippen molar-refractivity contribution in [2.24, 2.45) is 0 Å². The van der Waals surface area contributed by atoms with Gasteiger partial charge in [0.15, 0.2) is 6.04 Å². The predicted octanol–water partition coefficient (Wildman–Crippen LogP) is 1.64. The number of rotatable bonds is 4. The number of amides is 1. The molecular formula is C22H27ClN3O2+. The number of piperazine rings is 1. The monoisotopic (exact) mass is 400 g/mol. The van der Waals surface area contributed by atoms with Crippen molar-refractivity contribution >= 4 is 23.2 Å². The van der Waals surface area contributed by atoms with Gasteiger partial charge < -0.3 is 19.4 Å². The molecule has 0 aromatic heterocycles. The molecular weight excluding hydrogens is 374 g/mol. The summed E-state index contributed by atoms with van der Waals surface area (Å²) in [6, 6.07) is 18.1. The van der Waals surface area contributed by atoms with E-state index in [-0.39, 0.29) is 11.9 Å². The average molecular weight is 401 g/mol. The molecule has 2 fully saturated rings. The Balaban J connectivity index is 1.50. The number of carbonyl (C=O) groups excluding carboxylic acids is 1. The molecule has 2 aromatic rings. The van der Waals surface area contributed by atoms with Crippen LogP contribution < -0.4 is 9.80 Å². The van der Waals surface area contributed by atoms with Crippen LogP contribution in [-0.2, 0) is 9.53 Å². The van der Waals surface area contributed by atoms with E-state index in [0.717, 1.165) is 42.5 Å². The first-order chi connectivity index (χ1) is 13.7. The number of quaternary nitrogens is 1. The van der Waals surface area contributed by atoms with Gasteiger partial charge in [0.2, 0.25) is 0 Å². The van der Waals surface area contributed by atoms with Gasteiger partial charge in [-0.15, -0.1) is 0 Å². The van der Waals surface area contributed by atoms with E-state index in [1.54, 1.807) is 0 Å². The summed E-state index contributed by atoms with van der Waals surface area (Å²) in [7, 11) is 0. The van der Waals surface area contributed by atoms with Crippen molar-refractivity contribution in [1.29, 1.82) is 0 Å². The van der Waals surface area contributed by atoms with Crippen molar-refractivity contribution in [2.75, 3.05) is 57.4 Å². The van der Waals surface area contributed by atoms with Crippen LogP contribution in [0.25, 0.3) is 0 Å². The minimum Gasteiger partial charge on any atom is -0.378 e. The smallest absolute Gasteiger partial charge is 0.285 e. The van der Waals surface area contributed by atoms with Crippen molar-refractivity contribution in [3.8, 4) is 0 Å². The second-order valence-corrected chi connectivity index (χ2v) is 7.84. The molecule has 2 heterocycles. The molecule has 0 radical (unpaired) electrons. The van der Waals surface area contributed by atoms with Crippen molar-refractivity contribution in [3.63, 3.8) is 0 Å². The molecule has 0 bridgehead atoms. The summed E-state index contributed by atoms with van der Waals surface area (Å²) in [4.78, 5) is 19.1. The number of anilines is 1. The molecule has 2 saturated heterocycles. The Bertz CT molecular complexity index is 787. The van der Waals surface area contributed by atoms with E-state index < -0.39 is 0 Å². The van der Waals surface area contributed by atoms with Gasteiger partial charge in [-0.05, 0) is 18.2 Å². The minimum absolute atomic E-state index is 0.152. The Labute approximate surface area is 171 Å². The summed E-state index contributed by atoms with van der Waals surface area (Å²) in [6.07, 6.45) is 0. The largest absolute Gasteiger partial charge is 0.378 e. The van der Waals surface area contributed by atoms with Gasteiger partial charge in [0, 0.05) is 29.4 Å². The van der Waals surface area contributed by atoms with Gasteiger partial charge in [0.1, 0.15) is 0 Å². The van der Waals surface area contributed by atoms with Crippen molar-refractivity contribution < 1.29 is 14.4 Å². The van der Waals surface area contributed by atoms with Crippen LogP contribution in [0.3, 0.4) is 0 Å². The van der Waals surface area contributed by atoms with E-state index in [1.165, 1.54) is 4.90 Å². The third-order valence-electron chi connectivity index (χ3n) is 5.69. The maximum absolute atomic E-state index is 13.4. The fourth-order valence-corrected chi connectivity index (χ4v) is 4.36. The van der Waals surface area contributed by atoms with Crippen LogP contribution in [0, 0.1) is 0 Å². The van der Waals surface area contributed by atoms with E-state index in [9.17, 15) is 4.79 Å². The second kappa shape index (κ2) is 8.95. The number of ether oxygens (including phenoxy) is 1. The third-order valence-corrected chi connectivity index (χ3v) is 5.92. The molecule has 2 aliphatic heterocycles. The van der Waals surface area contributed by atoms with Gasteiger partial charge in [0.25, 0.3) is 5.91 Å². The summed E-state index contributed by atoms with van der Waals surface area (Å²) < 4.78 is 5.44. The number of nitrogens with one attached hydrogen (secondary N) is 1. The summed E-state index contributed by atoms with van der Waals surface area (Å²) in [6.45, 7) is 6.29. The first-order valence-electron chi connectivity index (χ1n) is 9.99. The fraction of sp³-hybridized carbons (Fsp3) is 0.409. The minimum atomic E-state index is -0.152. The zero-order valence-electron chi connectivity index (χ0n) is 16.0. The molecule has 2 aromatic carbocycles. The zero-order chi connectivity index (χ0) is 19.3. The van der Waals surface area contributed by atoms with Crippen LogP contribution in [0.4, 0.5) is 5.69 Å². The van der Waals surface area contributed by atoms with Crippen LogP contribution in [0.2, 0.25) is 5.02 Å². The lowest BCUT2D eigenvalue weighted by Gasteiger charge is -2.39. The maximum Gasteiger partial charge on any atom is 0.285 e. The number of carbonyl (C=O) groups is 1. The molecule has 5 nitrogen and oxygen atoms in total. The Kier molecular flexibility index (Phi) is 6.15. The zero-order valence-corrected chi connectivity index (χ0v) is 16.8. The van der Waals surface area contributed by atoms with E-state index >= 15 is 0 Å². The summed E-state index contributed by atoms with van der Waals surface area (Å²) in [5.41, 5.74) is 2.26. The Morgan fingerprint density at radius 1 is 0.964 bits per heavy atom. The van der Waals surface area contributed by atoms with Crippen molar-refractivity contribution in [1.82, 2.24) is 4.90 Å². The molecule has 1 N–H and O–H groups in total. The van der Waals surface area contributed by atoms with E-state index in [4.69, 9.17) is 16.3 Å². The van der Waals surface area contributed by atoms with Crippen molar-refractivity contribution in [2.45, 2.75) is 6.04 Å². The molecule has 0 unspecified atom stereocenters. The summed E-state index contributed by atoms with van der Waals surface area (Å²) in [5.74, 6) is 0.223. The molecule has 148 valence electrons. The number of morpholine rings is 1. The quantitative estimate of drug-likeness (QED) is 0.847. The fourth-order valence-electron chi connectivity index (χ4n) is 4.18. The van der Waals surface area contributed by atoms with Gasteiger partial charge in [-0.2, -0.15) is 0 Å². The van der Waals surface area contributed by atoms with Crippen LogP contribution in [-0.4, -0.2) is 63.3 Å². The molecule has 6 heteroatoms. The van der Waals surface area contributed by atoms with Crippen molar-refractivity contribution in [3.05, 3.63) is 65.2 Å². The highest BCUT2D eigenvalue weighted by molar-refractivity contribution is 6.30. The standard InChI is InChI=1S/C22H26ClN3O2/c23-19-7-4-8-20(17-19)24-9-11-25(12-10-24)21(18-5-2-1-3-6-18)22(27)26-13-15-28-16-14-26/h1-8,17,21H,9-16H2/p+1/t21-/m0/s1. The Hall–Kier alpha value is -2.08. The second-order valence-electron chi connectivity index (χ2n) is 7.41. The number of halogens is 1. The maximum atomic E-state index is 13.4. The molecule has 0 saturated carbocycles. The average Bonchev–Trinajstić information content (AvgIpc) is 2.76. The lowest BCUT2D eigenvalue weighted by molar-refractivity contribution is -0.923. The first-order valence-corrected chi connectivity index (χ1v) is 10.4. The van der Waals surface area contributed by atoms with Crippen LogP contribution in [0.1, 0.15) is 11.6 Å². The van der Waals surface area contributed by atoms with Gasteiger partial charge in [0.05, 0.1) is 39.4 Å². The van der Waals surface area contributed by atoms with Crippen LogP contribution in [0.15, 0.2) is 54.6 Å². The molecule has 0 spiro atoms. The number of nitrogens with zero attached hydrogens (tertiary/aromatic N) is 2. The Morgan fingerprint density at radius 2 is 1.68 bits per heavy atom. The highest BCUT2D eigenvalue weighted by Crippen LogP contribution is 2.20. The van der Waals surface area contributed by atoms with E-state index in [2.05, 4.69) is 23.1 Å². The summed E-state index contributed by atoms with van der Waals surface area (Å²) in [5, 5.41) is 0.761. The molecule has 2 aliphatic rings. The van der Waals surface area contributed by atoms with E-state index in [0.29, 0.717) is 26.3 Å². The Morgan fingerprint density at radius 3 is 2.36 bits per heavy atom. The van der Waals surface area contributed by atoms with Crippen LogP contribution in [0.5, 0.6) is 0 Å². The normalized spacial score (nSPS) is 19.5. The molecule has 28 heavy (non-hydrogen) atoms. The number of hydrogen-bond acceptors (Lipinski definition) is 3. The number of hydrogen-bond donors (Lipinski definition) is 1. The topological polar surface area (TPSA) is 37.2 Å². The highest BCUT2D eigenvalue weighted by atomic mass is 35.5. The summed E-state index contributed by atoms with van der Waals surface area (Å²) >= 11 is 6.16. The van der Waals surface area contributed by atoms with Gasteiger partial charge in [-0.25, -0.2) is 0 Å². The van der Waals surface area contributed by atoms with Gasteiger partial charge in [-0.3, -0.25) is 4.79 Å². The van der Waals surface area contributed by atoms with Gasteiger partial charge in [-0.1, -0.05) is 48.0 Å². The first kappa shape index (κ1) is 19.2. The predicted molar refractivity (Wildman–Crippen MR) is 111 cm³/mol. The molecule has 1 atom stereocenters. The third kappa shape index (κ3) is 4.32. The van der Waals surface area contributed by atoms with Gasteiger partial charge >= 0.3 is 0 Å². The van der Waals surface area contributed by atoms with Crippen LogP contribution >= 0.6 is 11.6 Å². The lowest BCUT2D eigenvalue weighted by atomic mass is 10.0. The molecule has 0 aliphatic carbocycles. The highest BCUT2D eigenvalue weighted by Gasteiger charge is 2.37. The lowest BCUT2D eigenvalue weighted by Crippen LogP contribution is -3.16. The van der Waals surface area contributed by atoms with E-state index in [1.807, 2.05) is 41.3 Å².